The molecule has 27 heavy (non-hydrogen) atoms. The monoisotopic (exact) mass is 395 g/mol. The van der Waals surface area contributed by atoms with Crippen LogP contribution in [0.15, 0.2) is 18.2 Å². The smallest absolute Gasteiger partial charge is 0.420 e. The van der Waals surface area contributed by atoms with E-state index in [2.05, 4.69) is 0 Å². The lowest BCUT2D eigenvalue weighted by Gasteiger charge is -2.34. The van der Waals surface area contributed by atoms with Gasteiger partial charge in [0.25, 0.3) is 0 Å². The largest absolute Gasteiger partial charge is 0.443 e. The van der Waals surface area contributed by atoms with Gasteiger partial charge in [0.2, 0.25) is 0 Å². The lowest BCUT2D eigenvalue weighted by molar-refractivity contribution is -0.0110. The van der Waals surface area contributed by atoms with Gasteiger partial charge in [-0.15, -0.1) is 0 Å². The molecule has 0 saturated heterocycles. The third kappa shape index (κ3) is 5.01. The lowest BCUT2D eigenvalue weighted by atomic mass is 9.97. The van der Waals surface area contributed by atoms with E-state index in [1.165, 1.54) is 0 Å². The molecule has 0 bridgehead atoms. The maximum absolute atomic E-state index is 12.9. The molecule has 6 nitrogen and oxygen atoms in total. The molecular formula is C20H26ClNO5. The minimum Gasteiger partial charge on any atom is -0.443 e. The second-order valence-corrected chi connectivity index (χ2v) is 9.11. The van der Waals surface area contributed by atoms with Crippen LogP contribution < -0.4 is 0 Å². The van der Waals surface area contributed by atoms with Crippen molar-refractivity contribution in [2.45, 2.75) is 71.1 Å². The third-order valence-electron chi connectivity index (χ3n) is 3.95. The fraction of sp³-hybridized carbons (Fsp3) is 0.550. The van der Waals surface area contributed by atoms with Crippen molar-refractivity contribution in [3.05, 3.63) is 34.3 Å². The molecule has 2 amide bonds. The summed E-state index contributed by atoms with van der Waals surface area (Å²) in [5.74, 6) is 0. The second kappa shape index (κ2) is 7.15. The standard InChI is InChI=1S/C20H26ClNO5/c1-18(2,3)26-16(24)22(17(25)27-19(4,5)6)20(9-10-20)15-11-14(21)8-7-13(15)12-23/h7-8,11-12H,9-10H2,1-6H3. The Hall–Kier alpha value is -2.08. The first-order valence-electron chi connectivity index (χ1n) is 8.80. The molecule has 0 radical (unpaired) electrons. The molecule has 0 spiro atoms. The topological polar surface area (TPSA) is 72.9 Å². The Balaban J connectivity index is 2.53. The third-order valence-corrected chi connectivity index (χ3v) is 4.18. The van der Waals surface area contributed by atoms with E-state index < -0.39 is 28.9 Å². The van der Waals surface area contributed by atoms with E-state index in [1.54, 1.807) is 59.7 Å². The zero-order valence-corrected chi connectivity index (χ0v) is 17.3. The van der Waals surface area contributed by atoms with Crippen molar-refractivity contribution in [1.82, 2.24) is 4.90 Å². The van der Waals surface area contributed by atoms with Crippen LogP contribution in [-0.2, 0) is 15.0 Å². The van der Waals surface area contributed by atoms with Gasteiger partial charge < -0.3 is 9.47 Å². The van der Waals surface area contributed by atoms with Crippen molar-refractivity contribution in [2.75, 3.05) is 0 Å². The molecule has 1 aliphatic rings. The van der Waals surface area contributed by atoms with Gasteiger partial charge in [-0.3, -0.25) is 4.79 Å². The van der Waals surface area contributed by atoms with Crippen molar-refractivity contribution in [2.24, 2.45) is 0 Å². The molecule has 2 rings (SSSR count). The number of nitrogens with zero attached hydrogens (tertiary/aromatic N) is 1. The number of carbonyl (C=O) groups excluding carboxylic acids is 3. The lowest BCUT2D eigenvalue weighted by Crippen LogP contribution is -2.49. The first-order valence-corrected chi connectivity index (χ1v) is 9.18. The Morgan fingerprint density at radius 3 is 1.89 bits per heavy atom. The van der Waals surface area contributed by atoms with E-state index >= 15 is 0 Å². The maximum Gasteiger partial charge on any atom is 0.420 e. The van der Waals surface area contributed by atoms with E-state index in [4.69, 9.17) is 21.1 Å². The fourth-order valence-electron chi connectivity index (χ4n) is 2.81. The molecule has 1 aromatic rings. The molecule has 0 heterocycles. The average Bonchev–Trinajstić information content (AvgIpc) is 3.24. The molecule has 1 aliphatic carbocycles. The molecule has 0 aliphatic heterocycles. The van der Waals surface area contributed by atoms with E-state index in [9.17, 15) is 14.4 Å². The summed E-state index contributed by atoms with van der Waals surface area (Å²) in [6, 6.07) is 4.78. The molecule has 7 heteroatoms. The normalized spacial score (nSPS) is 15.7. The summed E-state index contributed by atoms with van der Waals surface area (Å²) in [7, 11) is 0. The van der Waals surface area contributed by atoms with Crippen LogP contribution in [0.2, 0.25) is 5.02 Å². The minimum absolute atomic E-state index is 0.369. The van der Waals surface area contributed by atoms with Gasteiger partial charge in [-0.25, -0.2) is 14.5 Å². The quantitative estimate of drug-likeness (QED) is 0.648. The van der Waals surface area contributed by atoms with Gasteiger partial charge >= 0.3 is 12.2 Å². The summed E-state index contributed by atoms with van der Waals surface area (Å²) in [5, 5.41) is 0.412. The number of aldehydes is 1. The summed E-state index contributed by atoms with van der Waals surface area (Å²) >= 11 is 6.12. The number of rotatable bonds is 3. The summed E-state index contributed by atoms with van der Waals surface area (Å²) < 4.78 is 10.9. The highest BCUT2D eigenvalue weighted by Gasteiger charge is 2.57. The Morgan fingerprint density at radius 2 is 1.52 bits per heavy atom. The predicted octanol–water partition coefficient (Wildman–Crippen LogP) is 5.31. The number of hydrogen-bond acceptors (Lipinski definition) is 5. The number of imide groups is 1. The van der Waals surface area contributed by atoms with Crippen LogP contribution in [0.3, 0.4) is 0 Å². The Kier molecular flexibility index (Phi) is 5.62. The molecule has 1 aromatic carbocycles. The first kappa shape index (κ1) is 21.2. The molecule has 0 aromatic heterocycles. The van der Waals surface area contributed by atoms with Gasteiger partial charge in [0.1, 0.15) is 17.5 Å². The van der Waals surface area contributed by atoms with E-state index in [0.29, 0.717) is 35.3 Å². The summed E-state index contributed by atoms with van der Waals surface area (Å²) in [6.45, 7) is 10.3. The number of benzene rings is 1. The van der Waals surface area contributed by atoms with Gasteiger partial charge in [0, 0.05) is 10.6 Å². The van der Waals surface area contributed by atoms with Crippen LogP contribution in [0.1, 0.15) is 70.3 Å². The van der Waals surface area contributed by atoms with Crippen molar-refractivity contribution in [3.63, 3.8) is 0 Å². The second-order valence-electron chi connectivity index (χ2n) is 8.68. The molecular weight excluding hydrogens is 370 g/mol. The van der Waals surface area contributed by atoms with Gasteiger partial charge in [0.15, 0.2) is 0 Å². The average molecular weight is 396 g/mol. The number of halogens is 1. The highest BCUT2D eigenvalue weighted by atomic mass is 35.5. The first-order chi connectivity index (χ1) is 12.3. The van der Waals surface area contributed by atoms with Crippen LogP contribution >= 0.6 is 11.6 Å². The Bertz CT molecular complexity index is 729. The zero-order chi connectivity index (χ0) is 20.6. The molecule has 1 saturated carbocycles. The number of amides is 2. The van der Waals surface area contributed by atoms with Gasteiger partial charge in [-0.2, -0.15) is 0 Å². The summed E-state index contributed by atoms with van der Waals surface area (Å²) in [4.78, 5) is 38.4. The minimum atomic E-state index is -1.01. The summed E-state index contributed by atoms with van der Waals surface area (Å²) in [6.07, 6.45) is 0.0464. The number of carbonyl (C=O) groups is 3. The van der Waals surface area contributed by atoms with Crippen LogP contribution in [0.5, 0.6) is 0 Å². The van der Waals surface area contributed by atoms with Crippen LogP contribution in [0.4, 0.5) is 9.59 Å². The van der Waals surface area contributed by atoms with Crippen LogP contribution in [-0.4, -0.2) is 34.6 Å². The number of hydrogen-bond donors (Lipinski definition) is 0. The van der Waals surface area contributed by atoms with E-state index in [1.807, 2.05) is 0 Å². The van der Waals surface area contributed by atoms with Crippen LogP contribution in [0.25, 0.3) is 0 Å². The Morgan fingerprint density at radius 1 is 1.04 bits per heavy atom. The summed E-state index contributed by atoms with van der Waals surface area (Å²) in [5.41, 5.74) is -1.72. The Labute approximate surface area is 164 Å². The fourth-order valence-corrected chi connectivity index (χ4v) is 2.98. The van der Waals surface area contributed by atoms with Crippen molar-refractivity contribution in [1.29, 1.82) is 0 Å². The highest BCUT2D eigenvalue weighted by Crippen LogP contribution is 2.53. The van der Waals surface area contributed by atoms with Crippen LogP contribution in [0, 0.1) is 0 Å². The SMILES string of the molecule is CC(C)(C)OC(=O)N(C(=O)OC(C)(C)C)C1(c2cc(Cl)ccc2C=O)CC1. The zero-order valence-electron chi connectivity index (χ0n) is 16.6. The predicted molar refractivity (Wildman–Crippen MR) is 102 cm³/mol. The molecule has 1 fully saturated rings. The van der Waals surface area contributed by atoms with Crippen molar-refractivity contribution >= 4 is 30.1 Å². The van der Waals surface area contributed by atoms with Gasteiger partial charge in [-0.1, -0.05) is 11.6 Å². The van der Waals surface area contributed by atoms with Crippen molar-refractivity contribution < 1.29 is 23.9 Å². The maximum atomic E-state index is 12.9. The number of ether oxygens (including phenoxy) is 2. The van der Waals surface area contributed by atoms with Gasteiger partial charge in [-0.05, 0) is 78.1 Å². The molecule has 0 N–H and O–H groups in total. The van der Waals surface area contributed by atoms with Crippen molar-refractivity contribution in [3.8, 4) is 0 Å². The molecule has 0 atom stereocenters. The van der Waals surface area contributed by atoms with E-state index in [0.717, 1.165) is 4.90 Å². The highest BCUT2D eigenvalue weighted by molar-refractivity contribution is 6.30. The molecule has 0 unspecified atom stereocenters. The molecule has 148 valence electrons. The van der Waals surface area contributed by atoms with Gasteiger partial charge in [0.05, 0.1) is 5.54 Å². The van der Waals surface area contributed by atoms with E-state index in [-0.39, 0.29) is 0 Å².